The molecule has 0 fully saturated rings. The number of benzene rings is 1. The molecule has 162 valence electrons. The van der Waals surface area contributed by atoms with E-state index in [4.69, 9.17) is 4.74 Å². The average molecular weight is 424 g/mol. The van der Waals surface area contributed by atoms with Crippen LogP contribution in [0.5, 0.6) is 5.75 Å². The summed E-state index contributed by atoms with van der Waals surface area (Å²) in [4.78, 5) is 43.6. The van der Waals surface area contributed by atoms with E-state index in [-0.39, 0.29) is 23.9 Å². The molecule has 0 atom stereocenters. The lowest BCUT2D eigenvalue weighted by Crippen LogP contribution is -2.35. The van der Waals surface area contributed by atoms with Gasteiger partial charge in [-0.3, -0.25) is 19.4 Å². The molecule has 0 saturated heterocycles. The minimum absolute atomic E-state index is 0.165. The number of H-pyrrole nitrogens is 1. The van der Waals surface area contributed by atoms with Crippen LogP contribution in [0.15, 0.2) is 41.2 Å². The Morgan fingerprint density at radius 2 is 1.90 bits per heavy atom. The maximum absolute atomic E-state index is 12.4. The molecule has 0 aliphatic rings. The van der Waals surface area contributed by atoms with E-state index in [0.717, 1.165) is 12.0 Å². The number of nitrogens with zero attached hydrogens (tertiary/aromatic N) is 3. The molecular weight excluding hydrogens is 400 g/mol. The molecule has 0 aliphatic carbocycles. The number of carbonyl (C=O) groups excluding carboxylic acids is 2. The molecule has 3 rings (SSSR count). The Labute approximate surface area is 178 Å². The molecule has 10 nitrogen and oxygen atoms in total. The predicted molar refractivity (Wildman–Crippen MR) is 114 cm³/mol. The Morgan fingerprint density at radius 1 is 1.16 bits per heavy atom. The second-order valence-electron chi connectivity index (χ2n) is 6.88. The van der Waals surface area contributed by atoms with Crippen molar-refractivity contribution in [2.75, 3.05) is 12.4 Å². The van der Waals surface area contributed by atoms with Gasteiger partial charge in [0.25, 0.3) is 5.56 Å². The lowest BCUT2D eigenvalue weighted by Gasteiger charge is -2.09. The van der Waals surface area contributed by atoms with Crippen molar-refractivity contribution in [3.05, 3.63) is 63.7 Å². The number of amides is 2. The molecule has 0 spiro atoms. The highest BCUT2D eigenvalue weighted by molar-refractivity contribution is 6.39. The van der Waals surface area contributed by atoms with Crippen molar-refractivity contribution in [2.45, 2.75) is 33.2 Å². The third-order valence-electron chi connectivity index (χ3n) is 4.38. The van der Waals surface area contributed by atoms with Crippen molar-refractivity contribution in [3.8, 4) is 11.7 Å². The second-order valence-corrected chi connectivity index (χ2v) is 6.88. The van der Waals surface area contributed by atoms with E-state index in [2.05, 4.69) is 25.7 Å². The fourth-order valence-corrected chi connectivity index (χ4v) is 2.91. The maximum atomic E-state index is 12.4. The zero-order valence-corrected chi connectivity index (χ0v) is 17.6. The molecule has 0 saturated carbocycles. The van der Waals surface area contributed by atoms with Crippen LogP contribution in [0, 0.1) is 6.92 Å². The number of carbonyl (C=O) groups is 2. The highest BCUT2D eigenvalue weighted by Gasteiger charge is 2.18. The van der Waals surface area contributed by atoms with Gasteiger partial charge in [-0.15, -0.1) is 0 Å². The van der Waals surface area contributed by atoms with Crippen LogP contribution in [0.4, 0.5) is 5.82 Å². The minimum Gasteiger partial charge on any atom is -0.497 e. The Bertz CT molecular complexity index is 1130. The molecule has 2 heterocycles. The Hall–Kier alpha value is -3.95. The van der Waals surface area contributed by atoms with E-state index < -0.39 is 11.8 Å². The highest BCUT2D eigenvalue weighted by Crippen LogP contribution is 2.14. The standard InChI is InChI=1S/C21H24N6O4/c1-4-5-15-11-18(28)25-21(23-15)27-17(10-13(2)26-27)24-20(30)19(29)22-12-14-6-8-16(31-3)9-7-14/h6-11H,4-5,12H2,1-3H3,(H,22,29)(H,24,30)(H,23,25,28). The molecule has 0 unspecified atom stereocenters. The van der Waals surface area contributed by atoms with Crippen LogP contribution in [-0.2, 0) is 22.6 Å². The number of nitrogens with one attached hydrogen (secondary N) is 3. The monoisotopic (exact) mass is 424 g/mol. The average Bonchev–Trinajstić information content (AvgIpc) is 3.12. The van der Waals surface area contributed by atoms with Gasteiger partial charge in [0.05, 0.1) is 12.8 Å². The third-order valence-corrected chi connectivity index (χ3v) is 4.38. The van der Waals surface area contributed by atoms with E-state index in [0.29, 0.717) is 23.6 Å². The van der Waals surface area contributed by atoms with Crippen molar-refractivity contribution >= 4 is 17.6 Å². The van der Waals surface area contributed by atoms with E-state index in [1.165, 1.54) is 10.7 Å². The molecule has 1 aromatic carbocycles. The van der Waals surface area contributed by atoms with E-state index >= 15 is 0 Å². The van der Waals surface area contributed by atoms with Crippen LogP contribution in [0.25, 0.3) is 5.95 Å². The fraction of sp³-hybridized carbons (Fsp3) is 0.286. The highest BCUT2D eigenvalue weighted by atomic mass is 16.5. The van der Waals surface area contributed by atoms with Crippen LogP contribution in [-0.4, -0.2) is 38.7 Å². The quantitative estimate of drug-likeness (QED) is 0.493. The Morgan fingerprint density at radius 3 is 2.58 bits per heavy atom. The first-order chi connectivity index (χ1) is 14.9. The van der Waals surface area contributed by atoms with E-state index in [9.17, 15) is 14.4 Å². The van der Waals surface area contributed by atoms with Crippen molar-refractivity contribution in [1.29, 1.82) is 0 Å². The number of anilines is 1. The largest absolute Gasteiger partial charge is 0.497 e. The molecule has 0 aliphatic heterocycles. The Kier molecular flexibility index (Phi) is 6.81. The molecule has 3 aromatic rings. The summed E-state index contributed by atoms with van der Waals surface area (Å²) in [5.41, 5.74) is 1.69. The summed E-state index contributed by atoms with van der Waals surface area (Å²) in [7, 11) is 1.57. The summed E-state index contributed by atoms with van der Waals surface area (Å²) >= 11 is 0. The van der Waals surface area contributed by atoms with Gasteiger partial charge in [-0.05, 0) is 31.0 Å². The van der Waals surface area contributed by atoms with Crippen molar-refractivity contribution in [3.63, 3.8) is 0 Å². The molecule has 10 heteroatoms. The normalized spacial score (nSPS) is 10.5. The molecule has 0 radical (unpaired) electrons. The smallest absolute Gasteiger partial charge is 0.314 e. The number of ether oxygens (including phenoxy) is 1. The van der Waals surface area contributed by atoms with Gasteiger partial charge in [-0.25, -0.2) is 4.98 Å². The first kappa shape index (κ1) is 21.8. The van der Waals surface area contributed by atoms with Gasteiger partial charge in [0.1, 0.15) is 11.6 Å². The zero-order valence-electron chi connectivity index (χ0n) is 17.6. The van der Waals surface area contributed by atoms with Gasteiger partial charge < -0.3 is 15.4 Å². The van der Waals surface area contributed by atoms with Crippen LogP contribution < -0.4 is 20.9 Å². The van der Waals surface area contributed by atoms with Crippen LogP contribution >= 0.6 is 0 Å². The maximum Gasteiger partial charge on any atom is 0.314 e. The second kappa shape index (κ2) is 9.70. The number of aromatic amines is 1. The minimum atomic E-state index is -0.860. The number of aryl methyl sites for hydroxylation is 2. The summed E-state index contributed by atoms with van der Waals surface area (Å²) in [5, 5.41) is 9.36. The molecule has 2 aromatic heterocycles. The van der Waals surface area contributed by atoms with Gasteiger partial charge >= 0.3 is 11.8 Å². The third kappa shape index (κ3) is 5.56. The van der Waals surface area contributed by atoms with Crippen molar-refractivity contribution < 1.29 is 14.3 Å². The number of aromatic nitrogens is 4. The lowest BCUT2D eigenvalue weighted by molar-refractivity contribution is -0.136. The summed E-state index contributed by atoms with van der Waals surface area (Å²) < 4.78 is 6.39. The first-order valence-electron chi connectivity index (χ1n) is 9.79. The number of methoxy groups -OCH3 is 1. The SMILES string of the molecule is CCCc1cc(=O)[nH]c(-n2nc(C)cc2NC(=O)C(=O)NCc2ccc(OC)cc2)n1. The number of hydrogen-bond acceptors (Lipinski definition) is 6. The number of hydrogen-bond donors (Lipinski definition) is 3. The zero-order chi connectivity index (χ0) is 22.4. The fourth-order valence-electron chi connectivity index (χ4n) is 2.91. The van der Waals surface area contributed by atoms with Crippen molar-refractivity contribution in [2.24, 2.45) is 0 Å². The van der Waals surface area contributed by atoms with Crippen LogP contribution in [0.1, 0.15) is 30.3 Å². The van der Waals surface area contributed by atoms with Gasteiger partial charge in [0.2, 0.25) is 5.95 Å². The molecular formula is C21H24N6O4. The summed E-state index contributed by atoms with van der Waals surface area (Å²) in [6, 6.07) is 10.1. The number of rotatable bonds is 7. The summed E-state index contributed by atoms with van der Waals surface area (Å²) in [6.07, 6.45) is 1.46. The van der Waals surface area contributed by atoms with Crippen LogP contribution in [0.2, 0.25) is 0 Å². The van der Waals surface area contributed by atoms with Crippen molar-refractivity contribution in [1.82, 2.24) is 25.1 Å². The van der Waals surface area contributed by atoms with Crippen LogP contribution in [0.3, 0.4) is 0 Å². The predicted octanol–water partition coefficient (Wildman–Crippen LogP) is 1.48. The van der Waals surface area contributed by atoms with Gasteiger partial charge in [-0.2, -0.15) is 9.78 Å². The van der Waals surface area contributed by atoms with E-state index in [1.807, 2.05) is 6.92 Å². The van der Waals surface area contributed by atoms with Gasteiger partial charge in [-0.1, -0.05) is 25.5 Å². The topological polar surface area (TPSA) is 131 Å². The van der Waals surface area contributed by atoms with Gasteiger partial charge in [0.15, 0.2) is 0 Å². The van der Waals surface area contributed by atoms with E-state index in [1.54, 1.807) is 44.4 Å². The summed E-state index contributed by atoms with van der Waals surface area (Å²) in [5.74, 6) is -0.577. The lowest BCUT2D eigenvalue weighted by atomic mass is 10.2. The molecule has 31 heavy (non-hydrogen) atoms. The molecule has 0 bridgehead atoms. The molecule has 2 amide bonds. The first-order valence-corrected chi connectivity index (χ1v) is 9.79. The van der Waals surface area contributed by atoms with Gasteiger partial charge in [0, 0.05) is 24.4 Å². The Balaban J connectivity index is 1.71. The molecule has 3 N–H and O–H groups in total. The summed E-state index contributed by atoms with van der Waals surface area (Å²) in [6.45, 7) is 3.89.